The molecule has 0 aromatic heterocycles. The Morgan fingerprint density at radius 2 is 1.87 bits per heavy atom. The number of unbranched alkanes of at least 4 members (excludes halogenated alkanes) is 1. The summed E-state index contributed by atoms with van der Waals surface area (Å²) >= 11 is -2.20. The summed E-state index contributed by atoms with van der Waals surface area (Å²) in [6.45, 7) is 4.18. The Hall–Kier alpha value is -2.89. The second-order valence-corrected chi connectivity index (χ2v) is 16.4. The molecule has 0 radical (unpaired) electrons. The second-order valence-electron chi connectivity index (χ2n) is 14.0. The maximum Gasteiger partial charge on any atom is 0.321 e. The predicted molar refractivity (Wildman–Crippen MR) is 208 cm³/mol. The third kappa shape index (κ3) is 10.5. The third-order valence-electron chi connectivity index (χ3n) is 10.3. The van der Waals surface area contributed by atoms with E-state index in [0.29, 0.717) is 5.69 Å². The fourth-order valence-electron chi connectivity index (χ4n) is 7.04. The van der Waals surface area contributed by atoms with Crippen molar-refractivity contribution < 1.29 is 42.0 Å². The van der Waals surface area contributed by atoms with Crippen molar-refractivity contribution in [2.24, 2.45) is 5.41 Å². The first kappa shape index (κ1) is 41.3. The molecule has 1 saturated heterocycles. The summed E-state index contributed by atoms with van der Waals surface area (Å²) < 4.78 is 43.3. The largest absolute Gasteiger partial charge is 0.751 e. The number of fused-ring (bicyclic) bond motifs is 1. The van der Waals surface area contributed by atoms with Gasteiger partial charge in [0, 0.05) is 65.0 Å². The standard InChI is InChI=1S/C39H55N3O9S2/c1-6-8-19-39(7-2)25-52-33-18-17-29(42(3)4)21-31(33)34(36(39)44)27-15-12-16-28(20-27)40-38(45)41-37-35(43)32(49-23-26-13-10-9-11-14-26)22-30(51-37)24-50-53(46,47)48-5/h9-18,20-21,30,32,34-37,43-44,46-47H,6-8,19,22-25H2,1-5H3,(H2,40,41,45)/p-1/t30-,32-,34+,35+,36+,37+,39+/m0/s1. The minimum absolute atomic E-state index is 0.131. The number of hydrogen-bond donors (Lipinski definition) is 5. The maximum absolute atomic E-state index is 13.5. The molecule has 12 nitrogen and oxygen atoms in total. The second kappa shape index (κ2) is 18.6. The number of aliphatic hydroxyl groups is 2. The van der Waals surface area contributed by atoms with Crippen LogP contribution in [0.3, 0.4) is 0 Å². The minimum atomic E-state index is -4.00. The molecule has 5 rings (SSSR count). The number of carbonyl (C=O) groups excluding carboxylic acids is 1. The van der Waals surface area contributed by atoms with Crippen LogP contribution in [0.25, 0.3) is 0 Å². The number of rotatable bonds is 15. The molecule has 0 aliphatic carbocycles. The normalized spacial score (nSPS) is 27.5. The number of aliphatic hydroxyl groups excluding tert-OH is 2. The van der Waals surface area contributed by atoms with E-state index in [4.69, 9.17) is 13.7 Å². The number of nitrogens with one attached hydrogen (secondary N) is 2. The van der Waals surface area contributed by atoms with Gasteiger partial charge in [0.1, 0.15) is 6.10 Å². The molecule has 2 amide bonds. The lowest BCUT2D eigenvalue weighted by molar-refractivity contribution is -0.197. The predicted octanol–water partition coefficient (Wildman–Crippen LogP) is 7.02. The van der Waals surface area contributed by atoms with Gasteiger partial charge in [-0.25, -0.2) is 4.79 Å². The van der Waals surface area contributed by atoms with Gasteiger partial charge in [-0.15, -0.1) is 11.8 Å². The summed E-state index contributed by atoms with van der Waals surface area (Å²) in [5.74, 6) is 0.463. The average Bonchev–Trinajstić information content (AvgIpc) is 3.27. The van der Waals surface area contributed by atoms with Crippen molar-refractivity contribution in [2.45, 2.75) is 94.0 Å². The molecular formula is C39H54N3O9S2-. The summed E-state index contributed by atoms with van der Waals surface area (Å²) in [7, 11) is 5.05. The summed E-state index contributed by atoms with van der Waals surface area (Å²) in [5, 5.41) is 29.2. The summed E-state index contributed by atoms with van der Waals surface area (Å²) in [6, 6.07) is 22.7. The molecule has 5 N–H and O–H groups in total. The zero-order valence-corrected chi connectivity index (χ0v) is 32.7. The number of benzene rings is 3. The van der Waals surface area contributed by atoms with Crippen LogP contribution in [0.5, 0.6) is 0 Å². The molecular weight excluding hydrogens is 719 g/mol. The molecule has 2 aliphatic heterocycles. The van der Waals surface area contributed by atoms with Crippen molar-refractivity contribution in [3.63, 3.8) is 0 Å². The van der Waals surface area contributed by atoms with Crippen molar-refractivity contribution in [1.29, 1.82) is 0 Å². The fourth-order valence-corrected chi connectivity index (χ4v) is 8.94. The molecule has 8 atom stereocenters. The number of nitrogens with zero attached hydrogens (tertiary/aromatic N) is 1. The average molecular weight is 773 g/mol. The molecule has 292 valence electrons. The zero-order valence-electron chi connectivity index (χ0n) is 31.1. The van der Waals surface area contributed by atoms with Gasteiger partial charge < -0.3 is 48.5 Å². The Balaban J connectivity index is 1.37. The van der Waals surface area contributed by atoms with Crippen LogP contribution in [0.4, 0.5) is 16.2 Å². The van der Waals surface area contributed by atoms with Gasteiger partial charge >= 0.3 is 6.03 Å². The third-order valence-corrected chi connectivity index (χ3v) is 12.5. The Labute approximate surface area is 319 Å². The van der Waals surface area contributed by atoms with Crippen LogP contribution in [0, 0.1) is 5.41 Å². The fraction of sp³-hybridized carbons (Fsp3) is 0.513. The highest BCUT2D eigenvalue weighted by Crippen LogP contribution is 2.51. The van der Waals surface area contributed by atoms with E-state index < -0.39 is 47.8 Å². The van der Waals surface area contributed by atoms with Crippen molar-refractivity contribution in [3.05, 3.63) is 89.5 Å². The van der Waals surface area contributed by atoms with Gasteiger partial charge in [-0.05, 0) is 59.9 Å². The summed E-state index contributed by atoms with van der Waals surface area (Å²) in [5.41, 5.74) is 4.04. The highest BCUT2D eigenvalue weighted by molar-refractivity contribution is 8.15. The number of hydrogen-bond acceptors (Lipinski definition) is 11. The first-order valence-electron chi connectivity index (χ1n) is 18.1. The van der Waals surface area contributed by atoms with E-state index in [1.54, 1.807) is 17.8 Å². The molecule has 1 unspecified atom stereocenters. The molecule has 53 heavy (non-hydrogen) atoms. The lowest BCUT2D eigenvalue weighted by Crippen LogP contribution is -2.58. The molecule has 3 aromatic carbocycles. The lowest BCUT2D eigenvalue weighted by Gasteiger charge is -2.42. The molecule has 3 aromatic rings. The molecule has 2 heterocycles. The van der Waals surface area contributed by atoms with Crippen LogP contribution in [0.2, 0.25) is 0 Å². The Morgan fingerprint density at radius 3 is 2.57 bits per heavy atom. The number of carbonyl (C=O) groups is 1. The van der Waals surface area contributed by atoms with Crippen molar-refractivity contribution in [2.75, 3.05) is 43.8 Å². The van der Waals surface area contributed by atoms with Crippen molar-refractivity contribution in [3.8, 4) is 0 Å². The van der Waals surface area contributed by atoms with E-state index in [1.807, 2.05) is 62.6 Å². The van der Waals surface area contributed by atoms with Gasteiger partial charge in [-0.1, -0.05) is 69.2 Å². The molecule has 0 bridgehead atoms. The molecule has 14 heteroatoms. The highest BCUT2D eigenvalue weighted by Gasteiger charge is 2.45. The number of urea groups is 1. The van der Waals surface area contributed by atoms with Crippen LogP contribution in [0.15, 0.2) is 77.7 Å². The first-order valence-corrected chi connectivity index (χ1v) is 20.5. The minimum Gasteiger partial charge on any atom is -0.751 e. The first-order chi connectivity index (χ1) is 25.4. The number of ether oxygens (including phenoxy) is 2. The maximum atomic E-state index is 13.5. The lowest BCUT2D eigenvalue weighted by atomic mass is 9.69. The van der Waals surface area contributed by atoms with Crippen LogP contribution in [0.1, 0.15) is 68.6 Å². The SMILES string of the molecule is CCCC[C@]1(CC)CSc2ccc(N(C)C)cc2[C@@H](c2cccc(NC(=O)N[C@@H]3O[C@H](COS([O-])(O)OC)C[C@H](OCc4ccccc4)[C@H]3O)c2)[C@H]1O. The molecule has 0 spiro atoms. The van der Waals surface area contributed by atoms with Gasteiger partial charge in [-0.2, -0.15) is 0 Å². The van der Waals surface area contributed by atoms with Gasteiger partial charge in [0.05, 0.1) is 38.6 Å². The van der Waals surface area contributed by atoms with Gasteiger partial charge in [0.2, 0.25) is 0 Å². The van der Waals surface area contributed by atoms with Gasteiger partial charge in [0.15, 0.2) is 6.23 Å². The number of amides is 2. The Kier molecular flexibility index (Phi) is 14.5. The Morgan fingerprint density at radius 1 is 1.09 bits per heavy atom. The van der Waals surface area contributed by atoms with E-state index >= 15 is 0 Å². The van der Waals surface area contributed by atoms with E-state index in [-0.39, 0.29) is 31.0 Å². The topological polar surface area (TPSA) is 165 Å². The van der Waals surface area contributed by atoms with Crippen LogP contribution in [-0.4, -0.2) is 89.6 Å². The quantitative estimate of drug-likeness (QED) is 0.108. The Bertz CT molecular complexity index is 1630. The number of thioether (sulfide) groups is 1. The summed E-state index contributed by atoms with van der Waals surface area (Å²) in [4.78, 5) is 16.7. The van der Waals surface area contributed by atoms with E-state index in [0.717, 1.165) is 65.8 Å². The summed E-state index contributed by atoms with van der Waals surface area (Å²) in [6.07, 6.45) is -0.849. The van der Waals surface area contributed by atoms with Crippen molar-refractivity contribution >= 4 is 40.3 Å². The van der Waals surface area contributed by atoms with E-state index in [2.05, 4.69) is 51.8 Å². The zero-order chi connectivity index (χ0) is 38.2. The van der Waals surface area contributed by atoms with Gasteiger partial charge in [-0.3, -0.25) is 4.18 Å². The number of anilines is 2. The van der Waals surface area contributed by atoms with Gasteiger partial charge in [0.25, 0.3) is 0 Å². The van der Waals surface area contributed by atoms with E-state index in [9.17, 15) is 24.1 Å². The monoisotopic (exact) mass is 772 g/mol. The smallest absolute Gasteiger partial charge is 0.321 e. The van der Waals surface area contributed by atoms with Crippen LogP contribution >= 0.6 is 22.9 Å². The molecule has 0 saturated carbocycles. The molecule has 2 aliphatic rings. The highest BCUT2D eigenvalue weighted by atomic mass is 32.3. The molecule has 1 fully saturated rings. The van der Waals surface area contributed by atoms with E-state index in [1.165, 1.54) is 0 Å². The van der Waals surface area contributed by atoms with Crippen molar-refractivity contribution in [1.82, 2.24) is 5.32 Å². The van der Waals surface area contributed by atoms with Crippen LogP contribution < -0.4 is 15.5 Å². The van der Waals surface area contributed by atoms with Crippen LogP contribution in [-0.2, 0) is 24.4 Å².